The minimum Gasteiger partial charge on any atom is -0.480 e. The van der Waals surface area contributed by atoms with Gasteiger partial charge in [0.25, 0.3) is 0 Å². The van der Waals surface area contributed by atoms with Gasteiger partial charge in [-0.2, -0.15) is 4.80 Å². The van der Waals surface area contributed by atoms with Crippen LogP contribution in [0.15, 0.2) is 30.3 Å². The molecule has 0 radical (unpaired) electrons. The van der Waals surface area contributed by atoms with Gasteiger partial charge in [-0.05, 0) is 12.3 Å². The van der Waals surface area contributed by atoms with Crippen LogP contribution >= 0.6 is 0 Å². The van der Waals surface area contributed by atoms with Gasteiger partial charge in [0.15, 0.2) is 0 Å². The van der Waals surface area contributed by atoms with Crippen molar-refractivity contribution in [2.45, 2.75) is 12.6 Å². The quantitative estimate of drug-likeness (QED) is 0.695. The average Bonchev–Trinajstić information content (AvgIpc) is 3.10. The van der Waals surface area contributed by atoms with Crippen molar-refractivity contribution in [3.63, 3.8) is 0 Å². The fraction of sp³-hybridized carbons (Fsp3) is 0.471. The van der Waals surface area contributed by atoms with Gasteiger partial charge >= 0.3 is 5.97 Å². The molecule has 1 atom stereocenters. The number of ether oxygens (including phenoxy) is 1. The Labute approximate surface area is 156 Å². The number of aliphatic carboxylic acids is 1. The first-order valence-electron chi connectivity index (χ1n) is 8.64. The number of rotatable bonds is 7. The molecular weight excluding hydrogens is 352 g/mol. The van der Waals surface area contributed by atoms with Gasteiger partial charge in [-0.25, -0.2) is 0 Å². The molecule has 10 heteroatoms. The molecule has 1 aromatic carbocycles. The fourth-order valence-corrected chi connectivity index (χ4v) is 2.93. The van der Waals surface area contributed by atoms with Crippen molar-refractivity contribution in [2.24, 2.45) is 0 Å². The molecule has 2 aromatic rings. The van der Waals surface area contributed by atoms with Crippen LogP contribution in [-0.2, 0) is 20.9 Å². The standard InChI is InChI=1S/C17H22N6O4/c1-21(12-16(25)26)9-14-10-22(7-8-27-14)15(24)11-23-19-17(18-20-23)13-5-3-2-4-6-13/h2-6,14H,7-12H2,1H3,(H,25,26). The summed E-state index contributed by atoms with van der Waals surface area (Å²) in [7, 11) is 1.71. The predicted octanol–water partition coefficient (Wildman–Crippen LogP) is -0.416. The third kappa shape index (κ3) is 5.31. The van der Waals surface area contributed by atoms with Crippen LogP contribution in [0.25, 0.3) is 11.4 Å². The number of carbonyl (C=O) groups excluding carboxylic acids is 1. The molecule has 0 saturated carbocycles. The van der Waals surface area contributed by atoms with Crippen LogP contribution in [-0.4, -0.2) is 92.9 Å². The molecule has 10 nitrogen and oxygen atoms in total. The minimum absolute atomic E-state index is 0.00246. The molecule has 144 valence electrons. The van der Waals surface area contributed by atoms with E-state index in [1.54, 1.807) is 16.8 Å². The lowest BCUT2D eigenvalue weighted by Crippen LogP contribution is -2.50. The van der Waals surface area contributed by atoms with E-state index in [9.17, 15) is 9.59 Å². The van der Waals surface area contributed by atoms with Crippen LogP contribution in [0.3, 0.4) is 0 Å². The maximum Gasteiger partial charge on any atom is 0.317 e. The molecule has 1 unspecified atom stereocenters. The number of hydrogen-bond acceptors (Lipinski definition) is 7. The Morgan fingerprint density at radius 3 is 2.85 bits per heavy atom. The van der Waals surface area contributed by atoms with Gasteiger partial charge in [0.1, 0.15) is 6.54 Å². The average molecular weight is 374 g/mol. The number of aromatic nitrogens is 4. The van der Waals surface area contributed by atoms with E-state index < -0.39 is 5.97 Å². The van der Waals surface area contributed by atoms with Crippen molar-refractivity contribution >= 4 is 11.9 Å². The second-order valence-electron chi connectivity index (χ2n) is 6.43. The monoisotopic (exact) mass is 374 g/mol. The molecule has 1 aromatic heterocycles. The lowest BCUT2D eigenvalue weighted by Gasteiger charge is -2.34. The van der Waals surface area contributed by atoms with Gasteiger partial charge in [-0.15, -0.1) is 10.2 Å². The highest BCUT2D eigenvalue weighted by Crippen LogP contribution is 2.12. The molecule has 2 heterocycles. The van der Waals surface area contributed by atoms with E-state index in [0.29, 0.717) is 32.1 Å². The molecule has 1 N–H and O–H groups in total. The van der Waals surface area contributed by atoms with Gasteiger partial charge in [-0.3, -0.25) is 14.5 Å². The van der Waals surface area contributed by atoms with E-state index in [1.807, 2.05) is 30.3 Å². The zero-order chi connectivity index (χ0) is 19.2. The van der Waals surface area contributed by atoms with Crippen molar-refractivity contribution in [3.8, 4) is 11.4 Å². The second-order valence-corrected chi connectivity index (χ2v) is 6.43. The van der Waals surface area contributed by atoms with Crippen molar-refractivity contribution in [3.05, 3.63) is 30.3 Å². The zero-order valence-corrected chi connectivity index (χ0v) is 15.1. The molecule has 1 aliphatic heterocycles. The Balaban J connectivity index is 1.55. The van der Waals surface area contributed by atoms with Crippen LogP contribution in [0.1, 0.15) is 0 Å². The molecule has 27 heavy (non-hydrogen) atoms. The summed E-state index contributed by atoms with van der Waals surface area (Å²) in [5, 5.41) is 21.0. The Hall–Kier alpha value is -2.85. The predicted molar refractivity (Wildman–Crippen MR) is 94.7 cm³/mol. The molecular formula is C17H22N6O4. The highest BCUT2D eigenvalue weighted by Gasteiger charge is 2.26. The van der Waals surface area contributed by atoms with Crippen molar-refractivity contribution in [2.75, 3.05) is 39.8 Å². The summed E-state index contributed by atoms with van der Waals surface area (Å²) in [5.41, 5.74) is 0.837. The maximum atomic E-state index is 12.6. The maximum absolute atomic E-state index is 12.6. The lowest BCUT2D eigenvalue weighted by molar-refractivity contribution is -0.143. The Bertz CT molecular complexity index is 781. The number of hydrogen-bond donors (Lipinski definition) is 1. The van der Waals surface area contributed by atoms with E-state index >= 15 is 0 Å². The number of carboxylic acids is 1. The lowest BCUT2D eigenvalue weighted by atomic mass is 10.2. The summed E-state index contributed by atoms with van der Waals surface area (Å²) < 4.78 is 5.64. The van der Waals surface area contributed by atoms with E-state index in [-0.39, 0.29) is 25.1 Å². The first-order valence-corrected chi connectivity index (χ1v) is 8.64. The molecule has 0 spiro atoms. The van der Waals surface area contributed by atoms with E-state index in [1.165, 1.54) is 4.80 Å². The Morgan fingerprint density at radius 1 is 1.33 bits per heavy atom. The first kappa shape index (κ1) is 18.9. The Kier molecular flexibility index (Phi) is 6.09. The largest absolute Gasteiger partial charge is 0.480 e. The molecule has 3 rings (SSSR count). The molecule has 1 aliphatic rings. The summed E-state index contributed by atoms with van der Waals surface area (Å²) in [6.07, 6.45) is -0.226. The number of morpholine rings is 1. The normalized spacial score (nSPS) is 17.3. The zero-order valence-electron chi connectivity index (χ0n) is 15.1. The van der Waals surface area contributed by atoms with Crippen LogP contribution in [0, 0.1) is 0 Å². The number of benzene rings is 1. The Morgan fingerprint density at radius 2 is 2.11 bits per heavy atom. The fourth-order valence-electron chi connectivity index (χ4n) is 2.93. The number of carboxylic acid groups (broad SMARTS) is 1. The summed E-state index contributed by atoms with van der Waals surface area (Å²) in [4.78, 5) is 27.9. The van der Waals surface area contributed by atoms with E-state index in [0.717, 1.165) is 5.56 Å². The smallest absolute Gasteiger partial charge is 0.317 e. The van der Waals surface area contributed by atoms with Crippen molar-refractivity contribution in [1.82, 2.24) is 30.0 Å². The van der Waals surface area contributed by atoms with Gasteiger partial charge in [-0.1, -0.05) is 30.3 Å². The third-order valence-electron chi connectivity index (χ3n) is 4.17. The number of nitrogens with zero attached hydrogens (tertiary/aromatic N) is 6. The highest BCUT2D eigenvalue weighted by atomic mass is 16.5. The third-order valence-corrected chi connectivity index (χ3v) is 4.17. The summed E-state index contributed by atoms with van der Waals surface area (Å²) in [5.74, 6) is -0.549. The van der Waals surface area contributed by atoms with Crippen molar-refractivity contribution in [1.29, 1.82) is 0 Å². The summed E-state index contributed by atoms with van der Waals surface area (Å²) >= 11 is 0. The molecule has 0 aliphatic carbocycles. The van der Waals surface area contributed by atoms with Crippen LogP contribution in [0.5, 0.6) is 0 Å². The minimum atomic E-state index is -0.896. The summed E-state index contributed by atoms with van der Waals surface area (Å²) in [6, 6.07) is 9.43. The van der Waals surface area contributed by atoms with Crippen LogP contribution in [0.2, 0.25) is 0 Å². The van der Waals surface area contributed by atoms with E-state index in [2.05, 4.69) is 15.4 Å². The number of carbonyl (C=O) groups is 2. The van der Waals surface area contributed by atoms with Gasteiger partial charge < -0.3 is 14.7 Å². The molecule has 0 bridgehead atoms. The van der Waals surface area contributed by atoms with Gasteiger partial charge in [0.2, 0.25) is 11.7 Å². The van der Waals surface area contributed by atoms with Crippen molar-refractivity contribution < 1.29 is 19.4 Å². The number of tetrazole rings is 1. The van der Waals surface area contributed by atoms with Gasteiger partial charge in [0, 0.05) is 25.2 Å². The van der Waals surface area contributed by atoms with Crippen LogP contribution < -0.4 is 0 Å². The molecule has 1 saturated heterocycles. The topological polar surface area (TPSA) is 114 Å². The van der Waals surface area contributed by atoms with Crippen LogP contribution in [0.4, 0.5) is 0 Å². The van der Waals surface area contributed by atoms with E-state index in [4.69, 9.17) is 9.84 Å². The highest BCUT2D eigenvalue weighted by molar-refractivity contribution is 5.76. The molecule has 1 fully saturated rings. The van der Waals surface area contributed by atoms with Gasteiger partial charge in [0.05, 0.1) is 19.3 Å². The SMILES string of the molecule is CN(CC(=O)O)CC1CN(C(=O)Cn2nnc(-c3ccccc3)n2)CCO1. The number of amides is 1. The molecule has 1 amide bonds. The second kappa shape index (κ2) is 8.69. The number of likely N-dealkylation sites (N-methyl/N-ethyl adjacent to an activating group) is 1. The summed E-state index contributed by atoms with van der Waals surface area (Å²) in [6.45, 7) is 1.67. The first-order chi connectivity index (χ1) is 13.0.